The number of carbonyl (C=O) groups excluding carboxylic acids is 2. The van der Waals surface area contributed by atoms with Gasteiger partial charge >= 0.3 is 0 Å². The second kappa shape index (κ2) is 10.1. The lowest BCUT2D eigenvalue weighted by molar-refractivity contribution is 0.0533. The Labute approximate surface area is 200 Å². The normalized spacial score (nSPS) is 17.7. The highest BCUT2D eigenvalue weighted by atomic mass is 32.2. The fourth-order valence-electron chi connectivity index (χ4n) is 4.70. The summed E-state index contributed by atoms with van der Waals surface area (Å²) >= 11 is 0. The lowest BCUT2D eigenvalue weighted by Gasteiger charge is -2.35. The maximum Gasteiger partial charge on any atom is 0.257 e. The van der Waals surface area contributed by atoms with Gasteiger partial charge in [0, 0.05) is 44.8 Å². The Kier molecular flexibility index (Phi) is 7.23. The minimum absolute atomic E-state index is 0.0249. The molecule has 2 amide bonds. The van der Waals surface area contributed by atoms with Crippen LogP contribution in [0.1, 0.15) is 52.8 Å². The minimum atomic E-state index is -3.61. The Morgan fingerprint density at radius 2 is 1.41 bits per heavy atom. The zero-order chi connectivity index (χ0) is 24.3. The molecule has 9 heteroatoms. The van der Waals surface area contributed by atoms with E-state index in [0.717, 1.165) is 32.1 Å². The van der Waals surface area contributed by atoms with Crippen molar-refractivity contribution in [2.24, 2.45) is 0 Å². The lowest BCUT2D eigenvalue weighted by Crippen LogP contribution is -2.50. The third kappa shape index (κ3) is 4.95. The maximum absolute atomic E-state index is 13.0. The monoisotopic (exact) mass is 485 g/mol. The molecule has 0 aromatic heterocycles. The molecule has 0 unspecified atom stereocenters. The Morgan fingerprint density at radius 3 is 2.00 bits per heavy atom. The number of rotatable bonds is 5. The summed E-state index contributed by atoms with van der Waals surface area (Å²) in [7, 11) is -1.97. The predicted molar refractivity (Wildman–Crippen MR) is 128 cm³/mol. The summed E-state index contributed by atoms with van der Waals surface area (Å²) in [4.78, 5) is 29.1. The first kappa shape index (κ1) is 24.2. The average molecular weight is 486 g/mol. The van der Waals surface area contributed by atoms with Crippen molar-refractivity contribution >= 4 is 21.8 Å². The van der Waals surface area contributed by atoms with Gasteiger partial charge in [-0.1, -0.05) is 31.4 Å². The van der Waals surface area contributed by atoms with E-state index in [1.807, 2.05) is 0 Å². The zero-order valence-electron chi connectivity index (χ0n) is 19.4. The molecule has 34 heavy (non-hydrogen) atoms. The van der Waals surface area contributed by atoms with Crippen molar-refractivity contribution < 1.29 is 23.1 Å². The lowest BCUT2D eigenvalue weighted by atomic mass is 9.96. The molecule has 182 valence electrons. The van der Waals surface area contributed by atoms with Crippen LogP contribution < -0.4 is 0 Å². The number of phenols is 1. The summed E-state index contributed by atoms with van der Waals surface area (Å²) in [5, 5.41) is 9.93. The second-order valence-electron chi connectivity index (χ2n) is 8.94. The first-order valence-corrected chi connectivity index (χ1v) is 13.2. The Morgan fingerprint density at radius 1 is 0.853 bits per heavy atom. The predicted octanol–water partition coefficient (Wildman–Crippen LogP) is 2.94. The van der Waals surface area contributed by atoms with Gasteiger partial charge in [-0.3, -0.25) is 9.59 Å². The molecule has 2 aliphatic rings. The molecule has 4 rings (SSSR count). The molecule has 1 saturated carbocycles. The highest BCUT2D eigenvalue weighted by Gasteiger charge is 2.30. The van der Waals surface area contributed by atoms with E-state index in [2.05, 4.69) is 0 Å². The van der Waals surface area contributed by atoms with Gasteiger partial charge < -0.3 is 14.9 Å². The molecule has 1 N–H and O–H groups in total. The summed E-state index contributed by atoms with van der Waals surface area (Å²) < 4.78 is 27.5. The van der Waals surface area contributed by atoms with Gasteiger partial charge in [-0.25, -0.2) is 8.42 Å². The standard InChI is InChI=1S/C25H31N3O5S/c1-26(20-7-3-2-4-8-20)34(32,33)21-13-11-19(12-14-21)24(30)27-15-17-28(18-16-27)25(31)22-9-5-6-10-23(22)29/h5-6,9-14,20,29H,2-4,7-8,15-18H2,1H3. The minimum Gasteiger partial charge on any atom is -0.507 e. The number of piperazine rings is 1. The SMILES string of the molecule is CN(C1CCCCC1)S(=O)(=O)c1ccc(C(=O)N2CCN(C(=O)c3ccccc3O)CC2)cc1. The van der Waals surface area contributed by atoms with Crippen molar-refractivity contribution in [3.05, 3.63) is 59.7 Å². The quantitative estimate of drug-likeness (QED) is 0.702. The molecular formula is C25H31N3O5S. The summed E-state index contributed by atoms with van der Waals surface area (Å²) in [6, 6.07) is 12.6. The van der Waals surface area contributed by atoms with E-state index in [1.54, 1.807) is 47.2 Å². The summed E-state index contributed by atoms with van der Waals surface area (Å²) in [6.45, 7) is 1.44. The summed E-state index contributed by atoms with van der Waals surface area (Å²) in [5.74, 6) is -0.517. The van der Waals surface area contributed by atoms with Gasteiger partial charge in [-0.15, -0.1) is 0 Å². The van der Waals surface area contributed by atoms with Crippen LogP contribution >= 0.6 is 0 Å². The molecule has 0 atom stereocenters. The molecule has 1 heterocycles. The van der Waals surface area contributed by atoms with Crippen LogP contribution in [0.5, 0.6) is 5.75 Å². The second-order valence-corrected chi connectivity index (χ2v) is 10.9. The van der Waals surface area contributed by atoms with E-state index in [1.165, 1.54) is 22.5 Å². The number of amides is 2. The number of carbonyl (C=O) groups is 2. The van der Waals surface area contributed by atoms with Crippen molar-refractivity contribution in [2.45, 2.75) is 43.0 Å². The highest BCUT2D eigenvalue weighted by molar-refractivity contribution is 7.89. The number of para-hydroxylation sites is 1. The van der Waals surface area contributed by atoms with Crippen LogP contribution in [0, 0.1) is 0 Å². The first-order valence-electron chi connectivity index (χ1n) is 11.7. The number of phenolic OH excluding ortho intramolecular Hbond substituents is 1. The zero-order valence-corrected chi connectivity index (χ0v) is 20.2. The van der Waals surface area contributed by atoms with Crippen LogP contribution in [-0.2, 0) is 10.0 Å². The van der Waals surface area contributed by atoms with Crippen LogP contribution in [-0.4, -0.2) is 78.7 Å². The number of nitrogens with zero attached hydrogens (tertiary/aromatic N) is 3. The molecule has 2 aromatic rings. The molecule has 1 aliphatic heterocycles. The Balaban J connectivity index is 1.38. The molecule has 1 aliphatic carbocycles. The number of hydrogen-bond donors (Lipinski definition) is 1. The van der Waals surface area contributed by atoms with Crippen molar-refractivity contribution in [1.29, 1.82) is 0 Å². The average Bonchev–Trinajstić information content (AvgIpc) is 2.88. The van der Waals surface area contributed by atoms with Crippen molar-refractivity contribution in [1.82, 2.24) is 14.1 Å². The van der Waals surface area contributed by atoms with E-state index >= 15 is 0 Å². The fraction of sp³-hybridized carbons (Fsp3) is 0.440. The van der Waals surface area contributed by atoms with Gasteiger partial charge in [0.1, 0.15) is 5.75 Å². The molecule has 8 nitrogen and oxygen atoms in total. The number of benzene rings is 2. The van der Waals surface area contributed by atoms with Crippen LogP contribution in [0.4, 0.5) is 0 Å². The van der Waals surface area contributed by atoms with E-state index in [9.17, 15) is 23.1 Å². The molecular weight excluding hydrogens is 454 g/mol. The molecule has 0 spiro atoms. The van der Waals surface area contributed by atoms with Crippen molar-refractivity contribution in [2.75, 3.05) is 33.2 Å². The fourth-order valence-corrected chi connectivity index (χ4v) is 6.11. The van der Waals surface area contributed by atoms with Crippen LogP contribution in [0.25, 0.3) is 0 Å². The topological polar surface area (TPSA) is 98.2 Å². The Hall–Kier alpha value is -2.91. The molecule has 2 aromatic carbocycles. The number of hydrogen-bond acceptors (Lipinski definition) is 5. The number of aromatic hydroxyl groups is 1. The van der Waals surface area contributed by atoms with Gasteiger partial charge in [0.25, 0.3) is 11.8 Å². The summed E-state index contributed by atoms with van der Waals surface area (Å²) in [6.07, 6.45) is 5.00. The van der Waals surface area contributed by atoms with E-state index in [0.29, 0.717) is 31.7 Å². The van der Waals surface area contributed by atoms with Crippen molar-refractivity contribution in [3.8, 4) is 5.75 Å². The molecule has 0 radical (unpaired) electrons. The maximum atomic E-state index is 13.0. The number of sulfonamides is 1. The van der Waals surface area contributed by atoms with E-state index < -0.39 is 10.0 Å². The summed E-state index contributed by atoms with van der Waals surface area (Å²) in [5.41, 5.74) is 0.664. The van der Waals surface area contributed by atoms with E-state index in [-0.39, 0.29) is 34.1 Å². The van der Waals surface area contributed by atoms with Gasteiger partial charge in [-0.2, -0.15) is 4.31 Å². The largest absolute Gasteiger partial charge is 0.507 e. The first-order chi connectivity index (χ1) is 16.3. The molecule has 1 saturated heterocycles. The Bertz CT molecular complexity index is 1140. The third-order valence-electron chi connectivity index (χ3n) is 6.86. The van der Waals surface area contributed by atoms with Crippen LogP contribution in [0.3, 0.4) is 0 Å². The van der Waals surface area contributed by atoms with Crippen LogP contribution in [0.15, 0.2) is 53.4 Å². The van der Waals surface area contributed by atoms with E-state index in [4.69, 9.17) is 0 Å². The molecule has 2 fully saturated rings. The van der Waals surface area contributed by atoms with Crippen molar-refractivity contribution in [3.63, 3.8) is 0 Å². The van der Waals surface area contributed by atoms with Gasteiger partial charge in [0.15, 0.2) is 0 Å². The van der Waals surface area contributed by atoms with Crippen LogP contribution in [0.2, 0.25) is 0 Å². The molecule has 0 bridgehead atoms. The van der Waals surface area contributed by atoms with Gasteiger partial charge in [0.05, 0.1) is 10.5 Å². The third-order valence-corrected chi connectivity index (χ3v) is 8.78. The smallest absolute Gasteiger partial charge is 0.257 e. The highest BCUT2D eigenvalue weighted by Crippen LogP contribution is 2.27. The van der Waals surface area contributed by atoms with Gasteiger partial charge in [0.2, 0.25) is 10.0 Å². The van der Waals surface area contributed by atoms with Gasteiger partial charge in [-0.05, 0) is 49.2 Å².